The molecule has 1 N–H and O–H groups in total. The fourth-order valence-corrected chi connectivity index (χ4v) is 2.62. The van der Waals surface area contributed by atoms with Gasteiger partial charge in [-0.1, -0.05) is 29.8 Å². The second kappa shape index (κ2) is 6.63. The molecule has 1 aromatic heterocycles. The van der Waals surface area contributed by atoms with Crippen molar-refractivity contribution in [2.24, 2.45) is 0 Å². The van der Waals surface area contributed by atoms with Crippen molar-refractivity contribution in [2.45, 2.75) is 19.8 Å². The number of benzene rings is 1. The molecule has 2 rings (SSSR count). The zero-order valence-corrected chi connectivity index (χ0v) is 12.4. The van der Waals surface area contributed by atoms with Crippen LogP contribution in [-0.4, -0.2) is 16.7 Å². The van der Waals surface area contributed by atoms with Crippen molar-refractivity contribution in [3.63, 3.8) is 0 Å². The lowest BCUT2D eigenvalue weighted by atomic mass is 10.1. The number of thiazole rings is 1. The van der Waals surface area contributed by atoms with Crippen molar-refractivity contribution >= 4 is 39.8 Å². The lowest BCUT2D eigenvalue weighted by Crippen LogP contribution is -2.12. The van der Waals surface area contributed by atoms with Gasteiger partial charge in [0.05, 0.1) is 0 Å². The molecule has 0 aliphatic heterocycles. The molecule has 0 saturated carbocycles. The minimum Gasteiger partial charge on any atom is -0.302 e. The number of nitrogens with one attached hydrogen (secondary N) is 1. The summed E-state index contributed by atoms with van der Waals surface area (Å²) >= 11 is 7.27. The summed E-state index contributed by atoms with van der Waals surface area (Å²) in [6.45, 7) is 1.44. The van der Waals surface area contributed by atoms with Crippen LogP contribution in [0.5, 0.6) is 0 Å². The van der Waals surface area contributed by atoms with E-state index in [1.807, 2.05) is 18.2 Å². The van der Waals surface area contributed by atoms with Crippen LogP contribution in [0.15, 0.2) is 29.6 Å². The summed E-state index contributed by atoms with van der Waals surface area (Å²) in [6, 6.07) is 7.44. The Morgan fingerprint density at radius 1 is 1.35 bits per heavy atom. The predicted octanol–water partition coefficient (Wildman–Crippen LogP) is 3.57. The first-order chi connectivity index (χ1) is 9.56. The van der Waals surface area contributed by atoms with Gasteiger partial charge in [-0.25, -0.2) is 4.98 Å². The zero-order chi connectivity index (χ0) is 14.5. The molecule has 1 amide bonds. The third-order valence-corrected chi connectivity index (χ3v) is 3.82. The normalized spacial score (nSPS) is 10.3. The van der Waals surface area contributed by atoms with Gasteiger partial charge in [0.15, 0.2) is 10.9 Å². The number of nitrogens with zero attached hydrogens (tertiary/aromatic N) is 1. The lowest BCUT2D eigenvalue weighted by Gasteiger charge is -2.04. The predicted molar refractivity (Wildman–Crippen MR) is 80.5 cm³/mol. The molecule has 104 valence electrons. The lowest BCUT2D eigenvalue weighted by molar-refractivity contribution is -0.116. The molecule has 6 heteroatoms. The van der Waals surface area contributed by atoms with E-state index in [0.717, 1.165) is 5.56 Å². The maximum Gasteiger partial charge on any atom is 0.226 e. The second-order valence-corrected chi connectivity index (χ2v) is 5.50. The number of carbonyl (C=O) groups is 2. The Kier molecular flexibility index (Phi) is 4.87. The van der Waals surface area contributed by atoms with E-state index in [-0.39, 0.29) is 11.7 Å². The van der Waals surface area contributed by atoms with Crippen LogP contribution >= 0.6 is 22.9 Å². The van der Waals surface area contributed by atoms with Gasteiger partial charge in [0, 0.05) is 23.7 Å². The van der Waals surface area contributed by atoms with Gasteiger partial charge in [-0.15, -0.1) is 11.3 Å². The van der Waals surface area contributed by atoms with Crippen LogP contribution < -0.4 is 5.32 Å². The molecule has 2 aromatic rings. The van der Waals surface area contributed by atoms with E-state index in [0.29, 0.717) is 28.7 Å². The average Bonchev–Trinajstić information content (AvgIpc) is 2.86. The van der Waals surface area contributed by atoms with Crippen molar-refractivity contribution in [3.05, 3.63) is 45.9 Å². The van der Waals surface area contributed by atoms with E-state index in [4.69, 9.17) is 11.6 Å². The highest BCUT2D eigenvalue weighted by molar-refractivity contribution is 7.14. The molecule has 0 spiro atoms. The molecule has 4 nitrogen and oxygen atoms in total. The summed E-state index contributed by atoms with van der Waals surface area (Å²) in [4.78, 5) is 26.9. The smallest absolute Gasteiger partial charge is 0.226 e. The number of hydrogen-bond donors (Lipinski definition) is 1. The topological polar surface area (TPSA) is 59.1 Å². The van der Waals surface area contributed by atoms with E-state index in [1.165, 1.54) is 18.3 Å². The number of ketones is 1. The Balaban J connectivity index is 1.89. The first-order valence-electron chi connectivity index (χ1n) is 6.06. The van der Waals surface area contributed by atoms with Gasteiger partial charge in [-0.2, -0.15) is 0 Å². The summed E-state index contributed by atoms with van der Waals surface area (Å²) in [5.41, 5.74) is 1.31. The number of aryl methyl sites for hydroxylation is 1. The number of anilines is 1. The van der Waals surface area contributed by atoms with E-state index >= 15 is 0 Å². The highest BCUT2D eigenvalue weighted by Gasteiger charge is 2.09. The van der Waals surface area contributed by atoms with Gasteiger partial charge in [-0.05, 0) is 18.1 Å². The molecule has 20 heavy (non-hydrogen) atoms. The number of hydrogen-bond acceptors (Lipinski definition) is 4. The van der Waals surface area contributed by atoms with Crippen LogP contribution in [0.3, 0.4) is 0 Å². The first kappa shape index (κ1) is 14.7. The minimum absolute atomic E-state index is 0.113. The standard InChI is InChI=1S/C14H13ClN2O2S/c1-9(18)12-8-20-14(16-12)17-13(19)7-6-10-4-2-3-5-11(10)15/h2-5,8H,6-7H2,1H3,(H,16,17,19). The van der Waals surface area contributed by atoms with E-state index < -0.39 is 0 Å². The summed E-state index contributed by atoms with van der Waals surface area (Å²) in [5, 5.41) is 5.42. The van der Waals surface area contributed by atoms with Crippen molar-refractivity contribution in [1.29, 1.82) is 0 Å². The molecule has 1 aromatic carbocycles. The van der Waals surface area contributed by atoms with Crippen LogP contribution in [0.25, 0.3) is 0 Å². The van der Waals surface area contributed by atoms with Gasteiger partial charge in [0.25, 0.3) is 0 Å². The molecule has 0 aliphatic carbocycles. The first-order valence-corrected chi connectivity index (χ1v) is 7.32. The van der Waals surface area contributed by atoms with Crippen LogP contribution in [0, 0.1) is 0 Å². The molecule has 0 radical (unpaired) electrons. The van der Waals surface area contributed by atoms with Crippen molar-refractivity contribution in [3.8, 4) is 0 Å². The Bertz CT molecular complexity index is 640. The summed E-state index contributed by atoms with van der Waals surface area (Å²) in [7, 11) is 0. The summed E-state index contributed by atoms with van der Waals surface area (Å²) < 4.78 is 0. The van der Waals surface area contributed by atoms with E-state index in [1.54, 1.807) is 11.4 Å². The Labute approximate surface area is 125 Å². The van der Waals surface area contributed by atoms with Gasteiger partial charge in [0.2, 0.25) is 5.91 Å². The van der Waals surface area contributed by atoms with E-state index in [2.05, 4.69) is 10.3 Å². The van der Waals surface area contributed by atoms with Gasteiger partial charge in [0.1, 0.15) is 5.69 Å². The molecular weight excluding hydrogens is 296 g/mol. The molecule has 0 atom stereocenters. The van der Waals surface area contributed by atoms with Crippen molar-refractivity contribution in [2.75, 3.05) is 5.32 Å². The Morgan fingerprint density at radius 3 is 2.75 bits per heavy atom. The third kappa shape index (κ3) is 3.88. The number of Topliss-reactive ketones (excluding diaryl/α,β-unsaturated/α-hetero) is 1. The van der Waals surface area contributed by atoms with Gasteiger partial charge < -0.3 is 5.32 Å². The van der Waals surface area contributed by atoms with Crippen molar-refractivity contribution in [1.82, 2.24) is 4.98 Å². The molecule has 0 bridgehead atoms. The fraction of sp³-hybridized carbons (Fsp3) is 0.214. The molecular formula is C14H13ClN2O2S. The number of halogens is 1. The van der Waals surface area contributed by atoms with Crippen LogP contribution in [0.1, 0.15) is 29.4 Å². The molecule has 0 aliphatic rings. The number of aromatic nitrogens is 1. The number of amides is 1. The molecule has 0 unspecified atom stereocenters. The van der Waals surface area contributed by atoms with Crippen LogP contribution in [0.2, 0.25) is 5.02 Å². The second-order valence-electron chi connectivity index (χ2n) is 4.23. The monoisotopic (exact) mass is 308 g/mol. The molecule has 0 fully saturated rings. The Hall–Kier alpha value is -1.72. The highest BCUT2D eigenvalue weighted by Crippen LogP contribution is 2.18. The quantitative estimate of drug-likeness (QED) is 0.859. The highest BCUT2D eigenvalue weighted by atomic mass is 35.5. The minimum atomic E-state index is -0.144. The number of carbonyl (C=O) groups excluding carboxylic acids is 2. The van der Waals surface area contributed by atoms with Crippen LogP contribution in [0.4, 0.5) is 5.13 Å². The third-order valence-electron chi connectivity index (χ3n) is 2.69. The summed E-state index contributed by atoms with van der Waals surface area (Å²) in [6.07, 6.45) is 0.884. The maximum absolute atomic E-state index is 11.8. The average molecular weight is 309 g/mol. The van der Waals surface area contributed by atoms with Gasteiger partial charge in [-0.3, -0.25) is 9.59 Å². The van der Waals surface area contributed by atoms with Crippen LogP contribution in [-0.2, 0) is 11.2 Å². The molecule has 0 saturated heterocycles. The SMILES string of the molecule is CC(=O)c1csc(NC(=O)CCc2ccccc2Cl)n1. The summed E-state index contributed by atoms with van der Waals surface area (Å²) in [5.74, 6) is -0.257. The number of rotatable bonds is 5. The zero-order valence-electron chi connectivity index (χ0n) is 10.9. The van der Waals surface area contributed by atoms with E-state index in [9.17, 15) is 9.59 Å². The Morgan fingerprint density at radius 2 is 2.10 bits per heavy atom. The van der Waals surface area contributed by atoms with Gasteiger partial charge >= 0.3 is 0 Å². The van der Waals surface area contributed by atoms with Crippen molar-refractivity contribution < 1.29 is 9.59 Å². The fourth-order valence-electron chi connectivity index (χ4n) is 1.62. The largest absolute Gasteiger partial charge is 0.302 e. The maximum atomic E-state index is 11.8. The molecule has 1 heterocycles.